The lowest BCUT2D eigenvalue weighted by atomic mass is 10.2. The summed E-state index contributed by atoms with van der Waals surface area (Å²) in [5.41, 5.74) is 0. The summed E-state index contributed by atoms with van der Waals surface area (Å²) < 4.78 is 21.7. The molecule has 0 aromatic carbocycles. The van der Waals surface area contributed by atoms with E-state index in [1.54, 1.807) is 13.8 Å². The molecule has 88 valence electrons. The summed E-state index contributed by atoms with van der Waals surface area (Å²) in [7, 11) is -3.33. The largest absolute Gasteiger partial charge is 0.338 e. The minimum atomic E-state index is -3.33. The molecule has 0 rings (SSSR count). The van der Waals surface area contributed by atoms with Crippen LogP contribution in [0.15, 0.2) is 0 Å². The molecule has 0 aliphatic rings. The summed E-state index contributed by atoms with van der Waals surface area (Å²) in [6.45, 7) is 5.07. The van der Waals surface area contributed by atoms with Crippen LogP contribution in [-0.4, -0.2) is 30.9 Å². The van der Waals surface area contributed by atoms with Crippen LogP contribution in [-0.2, 0) is 23.2 Å². The van der Waals surface area contributed by atoms with E-state index in [0.29, 0.717) is 0 Å². The Morgan fingerprint density at radius 3 is 1.93 bits per heavy atom. The van der Waals surface area contributed by atoms with Crippen molar-refractivity contribution in [3.8, 4) is 0 Å². The van der Waals surface area contributed by atoms with Gasteiger partial charge in [-0.15, -0.1) is 0 Å². The molecule has 0 unspecified atom stereocenters. The topological polar surface area (TPSA) is 69.7 Å². The van der Waals surface area contributed by atoms with Gasteiger partial charge in [-0.25, -0.2) is 0 Å². The predicted octanol–water partition coefficient (Wildman–Crippen LogP) is 1.80. The molecule has 0 bridgehead atoms. The number of carbonyl (C=O) groups is 2. The molecule has 0 aliphatic carbocycles. The van der Waals surface area contributed by atoms with Crippen LogP contribution in [0.3, 0.4) is 0 Å². The molecule has 0 aromatic heterocycles. The Labute approximate surface area is 89.7 Å². The molecule has 0 aromatic rings. The summed E-state index contributed by atoms with van der Waals surface area (Å²) in [6.07, 6.45) is -0.543. The van der Waals surface area contributed by atoms with E-state index in [-0.39, 0.29) is 31.6 Å². The average Bonchev–Trinajstić information content (AvgIpc) is 2.01. The Hall–Kier alpha value is -0.510. The molecular weight excluding hydrogens is 219 g/mol. The molecule has 0 fully saturated rings. The highest BCUT2D eigenvalue weighted by Gasteiger charge is 2.27. The molecular formula is C9H17O5P. The first-order valence-corrected chi connectivity index (χ1v) is 6.55. The fourth-order valence-corrected chi connectivity index (χ4v) is 2.66. The van der Waals surface area contributed by atoms with E-state index in [2.05, 4.69) is 0 Å². The third kappa shape index (κ3) is 6.55. The van der Waals surface area contributed by atoms with Crippen LogP contribution in [0.1, 0.15) is 27.2 Å². The molecule has 0 heterocycles. The van der Waals surface area contributed by atoms with Crippen molar-refractivity contribution in [3.05, 3.63) is 0 Å². The van der Waals surface area contributed by atoms with E-state index < -0.39 is 13.4 Å². The lowest BCUT2D eigenvalue weighted by molar-refractivity contribution is -0.124. The van der Waals surface area contributed by atoms with E-state index in [0.717, 1.165) is 0 Å². The van der Waals surface area contributed by atoms with Gasteiger partial charge in [0.2, 0.25) is 0 Å². The monoisotopic (exact) mass is 236 g/mol. The van der Waals surface area contributed by atoms with Gasteiger partial charge in [0.15, 0.2) is 5.78 Å². The van der Waals surface area contributed by atoms with Crippen LogP contribution < -0.4 is 0 Å². The van der Waals surface area contributed by atoms with Crippen LogP contribution in [0.2, 0.25) is 0 Å². The smallest absolute Gasteiger partial charge is 0.309 e. The van der Waals surface area contributed by atoms with Gasteiger partial charge in [0.05, 0.1) is 19.6 Å². The zero-order valence-corrected chi connectivity index (χ0v) is 10.2. The summed E-state index contributed by atoms with van der Waals surface area (Å²) in [5, 5.41) is 0. The fourth-order valence-electron chi connectivity index (χ4n) is 1.07. The first-order valence-electron chi connectivity index (χ1n) is 4.82. The van der Waals surface area contributed by atoms with E-state index in [1.807, 2.05) is 0 Å². The second kappa shape index (κ2) is 6.88. The van der Waals surface area contributed by atoms with Crippen molar-refractivity contribution in [2.45, 2.75) is 27.2 Å². The van der Waals surface area contributed by atoms with Crippen molar-refractivity contribution >= 4 is 19.2 Å². The van der Waals surface area contributed by atoms with E-state index in [4.69, 9.17) is 9.05 Å². The molecule has 0 N–H and O–H groups in total. The molecule has 15 heavy (non-hydrogen) atoms. The third-order valence-electron chi connectivity index (χ3n) is 1.47. The predicted molar refractivity (Wildman–Crippen MR) is 56.0 cm³/mol. The van der Waals surface area contributed by atoms with E-state index in [9.17, 15) is 14.2 Å². The molecule has 0 saturated carbocycles. The first-order chi connectivity index (χ1) is 6.93. The molecule has 0 radical (unpaired) electrons. The standard InChI is InChI=1S/C9H17O5P/c1-4-13-15(12,14-5-2)7-9(11)6-8(3)10/h4-7H2,1-3H3. The van der Waals surface area contributed by atoms with Crippen LogP contribution >= 0.6 is 7.60 Å². The summed E-state index contributed by atoms with van der Waals surface area (Å²) in [6, 6.07) is 0. The maximum absolute atomic E-state index is 11.8. The van der Waals surface area contributed by atoms with Crippen LogP contribution in [0.4, 0.5) is 0 Å². The van der Waals surface area contributed by atoms with Gasteiger partial charge in [0.25, 0.3) is 0 Å². The van der Waals surface area contributed by atoms with E-state index in [1.165, 1.54) is 6.92 Å². The van der Waals surface area contributed by atoms with Crippen LogP contribution in [0.5, 0.6) is 0 Å². The maximum Gasteiger partial charge on any atom is 0.338 e. The molecule has 0 spiro atoms. The second-order valence-corrected chi connectivity index (χ2v) is 5.08. The van der Waals surface area contributed by atoms with Gasteiger partial charge in [-0.3, -0.25) is 14.2 Å². The Kier molecular flexibility index (Phi) is 6.65. The van der Waals surface area contributed by atoms with Gasteiger partial charge in [0.1, 0.15) is 11.9 Å². The van der Waals surface area contributed by atoms with Crippen molar-refractivity contribution in [1.29, 1.82) is 0 Å². The van der Waals surface area contributed by atoms with Gasteiger partial charge >= 0.3 is 7.60 Å². The summed E-state index contributed by atoms with van der Waals surface area (Å²) >= 11 is 0. The SMILES string of the molecule is CCOP(=O)(CC(=O)CC(C)=O)OCC. The highest BCUT2D eigenvalue weighted by molar-refractivity contribution is 7.54. The van der Waals surface area contributed by atoms with Crippen molar-refractivity contribution in [3.63, 3.8) is 0 Å². The normalized spacial score (nSPS) is 11.4. The minimum Gasteiger partial charge on any atom is -0.309 e. The Balaban J connectivity index is 4.34. The third-order valence-corrected chi connectivity index (χ3v) is 3.51. The zero-order chi connectivity index (χ0) is 11.9. The minimum absolute atomic E-state index is 0.213. The van der Waals surface area contributed by atoms with Gasteiger partial charge < -0.3 is 9.05 Å². The molecule has 6 heteroatoms. The Morgan fingerprint density at radius 1 is 1.13 bits per heavy atom. The summed E-state index contributed by atoms with van der Waals surface area (Å²) in [5.74, 6) is -0.660. The van der Waals surface area contributed by atoms with Gasteiger partial charge in [0, 0.05) is 0 Å². The van der Waals surface area contributed by atoms with Gasteiger partial charge in [-0.2, -0.15) is 0 Å². The number of carbonyl (C=O) groups excluding carboxylic acids is 2. The highest BCUT2D eigenvalue weighted by Crippen LogP contribution is 2.47. The lowest BCUT2D eigenvalue weighted by Crippen LogP contribution is -2.12. The van der Waals surface area contributed by atoms with Crippen molar-refractivity contribution in [1.82, 2.24) is 0 Å². The number of ketones is 2. The molecule has 0 aliphatic heterocycles. The van der Waals surface area contributed by atoms with Crippen LogP contribution in [0, 0.1) is 0 Å². The van der Waals surface area contributed by atoms with Gasteiger partial charge in [-0.05, 0) is 20.8 Å². The number of hydrogen-bond donors (Lipinski definition) is 0. The molecule has 5 nitrogen and oxygen atoms in total. The van der Waals surface area contributed by atoms with Crippen molar-refractivity contribution in [2.75, 3.05) is 19.4 Å². The number of Topliss-reactive ketones (excluding diaryl/α,β-unsaturated/α-hetero) is 2. The fraction of sp³-hybridized carbons (Fsp3) is 0.778. The Bertz CT molecular complexity index is 264. The number of rotatable bonds is 8. The number of hydrogen-bond acceptors (Lipinski definition) is 5. The highest BCUT2D eigenvalue weighted by atomic mass is 31.2. The summed E-state index contributed by atoms with van der Waals surface area (Å²) in [4.78, 5) is 21.9. The zero-order valence-electron chi connectivity index (χ0n) is 9.32. The first kappa shape index (κ1) is 14.5. The van der Waals surface area contributed by atoms with Gasteiger partial charge in [-0.1, -0.05) is 0 Å². The lowest BCUT2D eigenvalue weighted by Gasteiger charge is -2.15. The second-order valence-electron chi connectivity index (χ2n) is 3.02. The Morgan fingerprint density at radius 2 is 1.60 bits per heavy atom. The van der Waals surface area contributed by atoms with Crippen molar-refractivity contribution in [2.24, 2.45) is 0 Å². The quantitative estimate of drug-likeness (QED) is 0.474. The maximum atomic E-state index is 11.8. The average molecular weight is 236 g/mol. The molecule has 0 amide bonds. The molecule has 0 saturated heterocycles. The van der Waals surface area contributed by atoms with Crippen LogP contribution in [0.25, 0.3) is 0 Å². The van der Waals surface area contributed by atoms with Crippen molar-refractivity contribution < 1.29 is 23.2 Å². The molecule has 0 atom stereocenters. The van der Waals surface area contributed by atoms with E-state index >= 15 is 0 Å².